The molecular weight excluding hydrogens is 278 g/mol. The molecule has 6 heteroatoms. The van der Waals surface area contributed by atoms with Gasteiger partial charge in [0.2, 0.25) is 10.0 Å². The first kappa shape index (κ1) is 15.8. The van der Waals surface area contributed by atoms with Gasteiger partial charge in [0.1, 0.15) is 0 Å². The maximum atomic E-state index is 12.9. The van der Waals surface area contributed by atoms with E-state index < -0.39 is 21.2 Å². The number of carbonyl (C=O) groups excluding carboxylic acids is 1. The summed E-state index contributed by atoms with van der Waals surface area (Å²) in [6, 6.07) is 0.0371. The highest BCUT2D eigenvalue weighted by Gasteiger charge is 2.46. The molecular formula is C14H25NO4S. The first-order chi connectivity index (χ1) is 9.37. The number of nitrogens with zero attached hydrogens (tertiary/aromatic N) is 1. The number of piperidine rings is 1. The predicted octanol–water partition coefficient (Wildman–Crippen LogP) is 1.78. The number of methoxy groups -OCH3 is 1. The summed E-state index contributed by atoms with van der Waals surface area (Å²) >= 11 is 0. The fourth-order valence-electron chi connectivity index (χ4n) is 3.48. The van der Waals surface area contributed by atoms with Crippen molar-refractivity contribution in [2.24, 2.45) is 11.8 Å². The van der Waals surface area contributed by atoms with Crippen LogP contribution in [-0.4, -0.2) is 43.6 Å². The molecule has 1 heterocycles. The van der Waals surface area contributed by atoms with Crippen LogP contribution in [0.5, 0.6) is 0 Å². The second kappa shape index (κ2) is 6.02. The Morgan fingerprint density at radius 1 is 1.15 bits per heavy atom. The fourth-order valence-corrected chi connectivity index (χ4v) is 6.02. The zero-order chi connectivity index (χ0) is 14.9. The molecule has 2 fully saturated rings. The molecule has 0 aromatic heterocycles. The minimum Gasteiger partial charge on any atom is -0.469 e. The van der Waals surface area contributed by atoms with Crippen molar-refractivity contribution < 1.29 is 17.9 Å². The lowest BCUT2D eigenvalue weighted by molar-refractivity contribution is -0.145. The summed E-state index contributed by atoms with van der Waals surface area (Å²) in [5, 5.41) is -0.595. The molecule has 1 saturated carbocycles. The van der Waals surface area contributed by atoms with Gasteiger partial charge in [-0.2, -0.15) is 4.31 Å². The average molecular weight is 303 g/mol. The topological polar surface area (TPSA) is 63.7 Å². The number of ether oxygens (including phenoxy) is 1. The van der Waals surface area contributed by atoms with Crippen LogP contribution in [0.2, 0.25) is 0 Å². The molecule has 1 aliphatic heterocycles. The second-order valence-corrected chi connectivity index (χ2v) is 8.35. The van der Waals surface area contributed by atoms with Crippen molar-refractivity contribution >= 4 is 16.0 Å². The Hall–Kier alpha value is -0.620. The van der Waals surface area contributed by atoms with Gasteiger partial charge < -0.3 is 4.74 Å². The van der Waals surface area contributed by atoms with Gasteiger partial charge in [0, 0.05) is 12.6 Å². The molecule has 0 spiro atoms. The largest absolute Gasteiger partial charge is 0.469 e. The van der Waals surface area contributed by atoms with E-state index in [2.05, 4.69) is 6.92 Å². The van der Waals surface area contributed by atoms with E-state index in [0.29, 0.717) is 25.3 Å². The van der Waals surface area contributed by atoms with Gasteiger partial charge >= 0.3 is 5.97 Å². The Bertz CT molecular complexity index is 462. The van der Waals surface area contributed by atoms with Crippen molar-refractivity contribution in [3.63, 3.8) is 0 Å². The molecule has 0 aromatic rings. The normalized spacial score (nSPS) is 36.0. The van der Waals surface area contributed by atoms with Gasteiger partial charge in [-0.3, -0.25) is 4.79 Å². The quantitative estimate of drug-likeness (QED) is 0.746. The Labute approximate surface area is 121 Å². The van der Waals surface area contributed by atoms with E-state index in [1.807, 2.05) is 6.92 Å². The number of carbonyl (C=O) groups is 1. The van der Waals surface area contributed by atoms with Gasteiger partial charge in [-0.25, -0.2) is 8.42 Å². The second-order valence-electron chi connectivity index (χ2n) is 6.25. The lowest BCUT2D eigenvalue weighted by Gasteiger charge is -2.38. The number of esters is 1. The number of hydrogen-bond donors (Lipinski definition) is 0. The molecule has 1 aliphatic carbocycles. The van der Waals surface area contributed by atoms with E-state index in [4.69, 9.17) is 4.74 Å². The third-order valence-corrected chi connectivity index (χ3v) is 7.22. The molecule has 2 aliphatic rings. The molecule has 20 heavy (non-hydrogen) atoms. The van der Waals surface area contributed by atoms with Crippen LogP contribution in [0.15, 0.2) is 0 Å². The summed E-state index contributed by atoms with van der Waals surface area (Å²) in [5.41, 5.74) is 0. The minimum atomic E-state index is -3.42. The average Bonchev–Trinajstić information content (AvgIpc) is 2.90. The van der Waals surface area contributed by atoms with Gasteiger partial charge in [0.05, 0.1) is 18.3 Å². The van der Waals surface area contributed by atoms with Crippen molar-refractivity contribution in [1.29, 1.82) is 0 Å². The molecule has 0 radical (unpaired) electrons. The highest BCUT2D eigenvalue weighted by atomic mass is 32.2. The Morgan fingerprint density at radius 2 is 1.85 bits per heavy atom. The Morgan fingerprint density at radius 3 is 2.50 bits per heavy atom. The van der Waals surface area contributed by atoms with Crippen LogP contribution in [0.3, 0.4) is 0 Å². The molecule has 4 unspecified atom stereocenters. The van der Waals surface area contributed by atoms with Crippen LogP contribution in [0.25, 0.3) is 0 Å². The SMILES string of the molecule is COC(=O)C1CCCC1S(=O)(=O)N1CC(C)CCC1C. The van der Waals surface area contributed by atoms with Crippen LogP contribution < -0.4 is 0 Å². The van der Waals surface area contributed by atoms with Gasteiger partial charge in [-0.1, -0.05) is 13.3 Å². The smallest absolute Gasteiger partial charge is 0.310 e. The zero-order valence-corrected chi connectivity index (χ0v) is 13.4. The number of sulfonamides is 1. The molecule has 116 valence electrons. The number of hydrogen-bond acceptors (Lipinski definition) is 4. The summed E-state index contributed by atoms with van der Waals surface area (Å²) in [4.78, 5) is 11.8. The summed E-state index contributed by atoms with van der Waals surface area (Å²) < 4.78 is 32.2. The van der Waals surface area contributed by atoms with E-state index in [-0.39, 0.29) is 12.0 Å². The summed E-state index contributed by atoms with van der Waals surface area (Å²) in [6.07, 6.45) is 3.93. The predicted molar refractivity (Wildman–Crippen MR) is 76.6 cm³/mol. The molecule has 0 aromatic carbocycles. The van der Waals surface area contributed by atoms with Gasteiger partial charge in [0.15, 0.2) is 0 Å². The molecule has 0 bridgehead atoms. The lowest BCUT2D eigenvalue weighted by atomic mass is 9.97. The van der Waals surface area contributed by atoms with E-state index in [0.717, 1.165) is 19.3 Å². The molecule has 0 N–H and O–H groups in total. The van der Waals surface area contributed by atoms with Crippen LogP contribution in [-0.2, 0) is 19.6 Å². The van der Waals surface area contributed by atoms with E-state index in [1.54, 1.807) is 4.31 Å². The molecule has 2 rings (SSSR count). The third-order valence-electron chi connectivity index (χ3n) is 4.73. The van der Waals surface area contributed by atoms with Crippen LogP contribution >= 0.6 is 0 Å². The monoisotopic (exact) mass is 303 g/mol. The van der Waals surface area contributed by atoms with Gasteiger partial charge in [-0.15, -0.1) is 0 Å². The van der Waals surface area contributed by atoms with Gasteiger partial charge in [-0.05, 0) is 38.5 Å². The van der Waals surface area contributed by atoms with Crippen molar-refractivity contribution in [3.8, 4) is 0 Å². The van der Waals surface area contributed by atoms with Crippen LogP contribution in [0.4, 0.5) is 0 Å². The summed E-state index contributed by atoms with van der Waals surface area (Å²) in [7, 11) is -2.09. The van der Waals surface area contributed by atoms with E-state index in [9.17, 15) is 13.2 Å². The van der Waals surface area contributed by atoms with Crippen LogP contribution in [0, 0.1) is 11.8 Å². The van der Waals surface area contributed by atoms with Crippen molar-refractivity contribution in [2.75, 3.05) is 13.7 Å². The maximum absolute atomic E-state index is 12.9. The first-order valence-electron chi connectivity index (χ1n) is 7.46. The highest BCUT2D eigenvalue weighted by molar-refractivity contribution is 7.89. The highest BCUT2D eigenvalue weighted by Crippen LogP contribution is 2.36. The minimum absolute atomic E-state index is 0.0371. The summed E-state index contributed by atoms with van der Waals surface area (Å²) in [6.45, 7) is 4.63. The Kier molecular flexibility index (Phi) is 4.74. The third kappa shape index (κ3) is 2.86. The molecule has 1 saturated heterocycles. The van der Waals surface area contributed by atoms with E-state index >= 15 is 0 Å². The van der Waals surface area contributed by atoms with E-state index in [1.165, 1.54) is 7.11 Å². The van der Waals surface area contributed by atoms with Gasteiger partial charge in [0.25, 0.3) is 0 Å². The van der Waals surface area contributed by atoms with Crippen molar-refractivity contribution in [2.45, 2.75) is 57.2 Å². The first-order valence-corrected chi connectivity index (χ1v) is 8.96. The van der Waals surface area contributed by atoms with Crippen molar-refractivity contribution in [1.82, 2.24) is 4.31 Å². The number of rotatable bonds is 3. The standard InChI is InChI=1S/C14H25NO4S/c1-10-7-8-11(2)15(9-10)20(17,18)13-6-4-5-12(13)14(16)19-3/h10-13H,4-9H2,1-3H3. The van der Waals surface area contributed by atoms with Crippen molar-refractivity contribution in [3.05, 3.63) is 0 Å². The Balaban J connectivity index is 2.22. The maximum Gasteiger partial charge on any atom is 0.310 e. The zero-order valence-electron chi connectivity index (χ0n) is 12.5. The summed E-state index contributed by atoms with van der Waals surface area (Å²) in [5.74, 6) is -0.484. The van der Waals surface area contributed by atoms with Crippen LogP contribution in [0.1, 0.15) is 46.0 Å². The molecule has 4 atom stereocenters. The lowest BCUT2D eigenvalue weighted by Crippen LogP contribution is -2.50. The molecule has 5 nitrogen and oxygen atoms in total. The fraction of sp³-hybridized carbons (Fsp3) is 0.929. The molecule has 0 amide bonds.